The van der Waals surface area contributed by atoms with E-state index >= 15 is 0 Å². The van der Waals surface area contributed by atoms with E-state index in [0.717, 1.165) is 22.1 Å². The van der Waals surface area contributed by atoms with E-state index in [1.165, 1.54) is 0 Å². The number of para-hydroxylation sites is 4. The topological polar surface area (TPSA) is 44.9 Å². The zero-order valence-electron chi connectivity index (χ0n) is 11.4. The van der Waals surface area contributed by atoms with Crippen LogP contribution < -0.4 is 0 Å². The maximum atomic E-state index is 5.78. The number of hydrogen-bond acceptors (Lipinski definition) is 3. The zero-order valence-corrected chi connectivity index (χ0v) is 11.4. The molecule has 0 aliphatic carbocycles. The van der Waals surface area contributed by atoms with Crippen molar-refractivity contribution in [3.05, 3.63) is 61.2 Å². The van der Waals surface area contributed by atoms with Crippen LogP contribution in [0.5, 0.6) is 0 Å². The van der Waals surface area contributed by atoms with Crippen LogP contribution in [0.4, 0.5) is 0 Å². The molecule has 0 atom stereocenters. The summed E-state index contributed by atoms with van der Waals surface area (Å²) in [5, 5.41) is 0. The number of imidazole rings is 2. The molecule has 0 spiro atoms. The van der Waals surface area contributed by atoms with Crippen LogP contribution in [-0.4, -0.2) is 19.1 Å². The number of rotatable bonds is 4. The Morgan fingerprint density at radius 3 is 1.71 bits per heavy atom. The zero-order chi connectivity index (χ0) is 14.1. The number of hydrogen-bond donors (Lipinski definition) is 0. The first-order chi connectivity index (χ1) is 10.4. The summed E-state index contributed by atoms with van der Waals surface area (Å²) < 4.78 is 9.77. The molecule has 21 heavy (non-hydrogen) atoms. The molecule has 2 heterocycles. The fourth-order valence-corrected chi connectivity index (χ4v) is 2.46. The number of nitrogens with zero attached hydrogens (tertiary/aromatic N) is 4. The number of aromatic nitrogens is 4. The van der Waals surface area contributed by atoms with E-state index < -0.39 is 0 Å². The van der Waals surface area contributed by atoms with Gasteiger partial charge in [-0.3, -0.25) is 0 Å². The van der Waals surface area contributed by atoms with Crippen molar-refractivity contribution >= 4 is 22.1 Å². The van der Waals surface area contributed by atoms with Crippen LogP contribution in [0, 0.1) is 0 Å². The van der Waals surface area contributed by atoms with Crippen LogP contribution >= 0.6 is 0 Å². The Labute approximate surface area is 121 Å². The van der Waals surface area contributed by atoms with Crippen molar-refractivity contribution in [2.45, 2.75) is 13.5 Å². The van der Waals surface area contributed by atoms with Crippen molar-refractivity contribution in [3.8, 4) is 0 Å². The molecule has 4 aromatic rings. The lowest BCUT2D eigenvalue weighted by Gasteiger charge is -2.07. The van der Waals surface area contributed by atoms with Crippen LogP contribution in [0.25, 0.3) is 22.1 Å². The van der Waals surface area contributed by atoms with Crippen molar-refractivity contribution in [2.24, 2.45) is 0 Å². The minimum Gasteiger partial charge on any atom is -0.340 e. The standard InChI is InChI=1S/C16H14N4O/c1-3-7-15-13(5-1)17-9-19(15)11-21-12-20-10-18-14-6-2-4-8-16(14)20/h1-10H,11-12H2. The molecule has 5 heteroatoms. The quantitative estimate of drug-likeness (QED) is 0.576. The van der Waals surface area contributed by atoms with Gasteiger partial charge in [0.05, 0.1) is 34.7 Å². The third kappa shape index (κ3) is 2.17. The van der Waals surface area contributed by atoms with Gasteiger partial charge in [0.15, 0.2) is 0 Å². The van der Waals surface area contributed by atoms with Gasteiger partial charge in [0.1, 0.15) is 13.5 Å². The predicted molar refractivity (Wildman–Crippen MR) is 80.6 cm³/mol. The average Bonchev–Trinajstić information content (AvgIpc) is 3.13. The third-order valence-corrected chi connectivity index (χ3v) is 3.52. The van der Waals surface area contributed by atoms with Gasteiger partial charge in [-0.15, -0.1) is 0 Å². The van der Waals surface area contributed by atoms with Crippen molar-refractivity contribution in [1.29, 1.82) is 0 Å². The second-order valence-corrected chi connectivity index (χ2v) is 4.87. The Hall–Kier alpha value is -2.66. The summed E-state index contributed by atoms with van der Waals surface area (Å²) in [5.41, 5.74) is 4.12. The monoisotopic (exact) mass is 278 g/mol. The van der Waals surface area contributed by atoms with Crippen LogP contribution in [0.1, 0.15) is 0 Å². The Morgan fingerprint density at radius 1 is 0.714 bits per heavy atom. The summed E-state index contributed by atoms with van der Waals surface area (Å²) in [5.74, 6) is 0. The van der Waals surface area contributed by atoms with Gasteiger partial charge in [-0.25, -0.2) is 9.97 Å². The lowest BCUT2D eigenvalue weighted by Crippen LogP contribution is -2.05. The van der Waals surface area contributed by atoms with E-state index in [-0.39, 0.29) is 0 Å². The number of benzene rings is 2. The number of ether oxygens (including phenoxy) is 1. The van der Waals surface area contributed by atoms with Gasteiger partial charge in [0.25, 0.3) is 0 Å². The molecular formula is C16H14N4O. The molecular weight excluding hydrogens is 264 g/mol. The molecule has 5 nitrogen and oxygen atoms in total. The summed E-state index contributed by atoms with van der Waals surface area (Å²) in [7, 11) is 0. The van der Waals surface area contributed by atoms with E-state index in [4.69, 9.17) is 4.74 Å². The maximum absolute atomic E-state index is 5.78. The van der Waals surface area contributed by atoms with Gasteiger partial charge < -0.3 is 13.9 Å². The molecule has 0 radical (unpaired) electrons. The van der Waals surface area contributed by atoms with Gasteiger partial charge in [0.2, 0.25) is 0 Å². The van der Waals surface area contributed by atoms with Crippen molar-refractivity contribution < 1.29 is 4.74 Å². The predicted octanol–water partition coefficient (Wildman–Crippen LogP) is 3.02. The molecule has 4 rings (SSSR count). The van der Waals surface area contributed by atoms with Gasteiger partial charge in [-0.05, 0) is 24.3 Å². The average molecular weight is 278 g/mol. The largest absolute Gasteiger partial charge is 0.340 e. The molecule has 0 fully saturated rings. The first-order valence-electron chi connectivity index (χ1n) is 6.79. The highest BCUT2D eigenvalue weighted by atomic mass is 16.5. The molecule has 2 aromatic carbocycles. The molecule has 0 saturated heterocycles. The van der Waals surface area contributed by atoms with Gasteiger partial charge in [0, 0.05) is 0 Å². The Morgan fingerprint density at radius 2 is 1.19 bits per heavy atom. The molecule has 0 amide bonds. The minimum absolute atomic E-state index is 0.465. The highest BCUT2D eigenvalue weighted by Gasteiger charge is 2.03. The van der Waals surface area contributed by atoms with E-state index in [2.05, 4.69) is 9.97 Å². The first kappa shape index (κ1) is 12.1. The van der Waals surface area contributed by atoms with Crippen molar-refractivity contribution in [3.63, 3.8) is 0 Å². The molecule has 0 saturated carbocycles. The summed E-state index contributed by atoms with van der Waals surface area (Å²) in [6.07, 6.45) is 3.60. The smallest absolute Gasteiger partial charge is 0.126 e. The summed E-state index contributed by atoms with van der Waals surface area (Å²) >= 11 is 0. The molecule has 0 N–H and O–H groups in total. The first-order valence-corrected chi connectivity index (χ1v) is 6.79. The van der Waals surface area contributed by atoms with Crippen LogP contribution in [0.2, 0.25) is 0 Å². The fraction of sp³-hybridized carbons (Fsp3) is 0.125. The molecule has 104 valence electrons. The van der Waals surface area contributed by atoms with Crippen LogP contribution in [0.3, 0.4) is 0 Å². The van der Waals surface area contributed by atoms with Gasteiger partial charge in [-0.2, -0.15) is 0 Å². The summed E-state index contributed by atoms with van der Waals surface area (Å²) in [6, 6.07) is 16.0. The minimum atomic E-state index is 0.465. The SMILES string of the molecule is c1ccc2c(c1)ncn2COCn1cnc2ccccc21. The molecule has 0 aliphatic heterocycles. The Bertz CT molecular complexity index is 819. The van der Waals surface area contributed by atoms with E-state index in [1.807, 2.05) is 57.7 Å². The van der Waals surface area contributed by atoms with E-state index in [1.54, 1.807) is 12.7 Å². The number of fused-ring (bicyclic) bond motifs is 2. The van der Waals surface area contributed by atoms with Gasteiger partial charge in [-0.1, -0.05) is 24.3 Å². The third-order valence-electron chi connectivity index (χ3n) is 3.52. The Kier molecular flexibility index (Phi) is 2.90. The second-order valence-electron chi connectivity index (χ2n) is 4.87. The van der Waals surface area contributed by atoms with Crippen LogP contribution in [0.15, 0.2) is 61.2 Å². The molecule has 0 aliphatic rings. The van der Waals surface area contributed by atoms with Gasteiger partial charge >= 0.3 is 0 Å². The Balaban J connectivity index is 1.50. The highest BCUT2D eigenvalue weighted by Crippen LogP contribution is 2.13. The van der Waals surface area contributed by atoms with E-state index in [0.29, 0.717) is 13.5 Å². The van der Waals surface area contributed by atoms with E-state index in [9.17, 15) is 0 Å². The van der Waals surface area contributed by atoms with Crippen molar-refractivity contribution in [2.75, 3.05) is 0 Å². The molecule has 2 aromatic heterocycles. The van der Waals surface area contributed by atoms with Crippen molar-refractivity contribution in [1.82, 2.24) is 19.1 Å². The lowest BCUT2D eigenvalue weighted by atomic mass is 10.3. The molecule has 0 bridgehead atoms. The normalized spacial score (nSPS) is 11.4. The maximum Gasteiger partial charge on any atom is 0.126 e. The summed E-state index contributed by atoms with van der Waals surface area (Å²) in [4.78, 5) is 8.70. The lowest BCUT2D eigenvalue weighted by molar-refractivity contribution is 0.0315. The van der Waals surface area contributed by atoms with Crippen LogP contribution in [-0.2, 0) is 18.2 Å². The molecule has 0 unspecified atom stereocenters. The summed E-state index contributed by atoms with van der Waals surface area (Å²) in [6.45, 7) is 0.931. The second kappa shape index (κ2) is 5.03. The highest BCUT2D eigenvalue weighted by molar-refractivity contribution is 5.75. The fourth-order valence-electron chi connectivity index (χ4n) is 2.46.